The highest BCUT2D eigenvalue weighted by Gasteiger charge is 2.19. The summed E-state index contributed by atoms with van der Waals surface area (Å²) >= 11 is 0. The number of fused-ring (bicyclic) bond motifs is 2. The summed E-state index contributed by atoms with van der Waals surface area (Å²) in [7, 11) is 0. The van der Waals surface area contributed by atoms with Gasteiger partial charge in [0.2, 0.25) is 5.65 Å². The molecule has 3 aromatic heterocycles. The predicted octanol–water partition coefficient (Wildman–Crippen LogP) is 3.12. The molecule has 2 aromatic carbocycles. The Hall–Kier alpha value is -3.94. The molecule has 0 radical (unpaired) electrons. The Labute approximate surface area is 152 Å². The minimum Gasteiger partial charge on any atom is -0.380 e. The first-order valence-electron chi connectivity index (χ1n) is 8.19. The molecule has 0 saturated heterocycles. The largest absolute Gasteiger partial charge is 0.380 e. The Balaban J connectivity index is 1.85. The first-order chi connectivity index (χ1) is 13.2. The van der Waals surface area contributed by atoms with Gasteiger partial charge < -0.3 is 5.73 Å². The van der Waals surface area contributed by atoms with Crippen molar-refractivity contribution in [3.63, 3.8) is 0 Å². The normalized spacial score (nSPS) is 11.3. The zero-order valence-corrected chi connectivity index (χ0v) is 13.9. The van der Waals surface area contributed by atoms with E-state index in [2.05, 4.69) is 25.5 Å². The number of nitrogens with two attached hydrogens (primary N) is 1. The molecule has 5 aromatic rings. The van der Waals surface area contributed by atoms with Crippen LogP contribution in [0.4, 0.5) is 10.2 Å². The zero-order chi connectivity index (χ0) is 18.4. The number of benzene rings is 2. The van der Waals surface area contributed by atoms with Gasteiger partial charge in [-0.3, -0.25) is 4.98 Å². The average Bonchev–Trinajstić information content (AvgIpc) is 3.18. The van der Waals surface area contributed by atoms with Crippen molar-refractivity contribution in [2.75, 3.05) is 5.73 Å². The maximum atomic E-state index is 13.4. The first-order valence-corrected chi connectivity index (χ1v) is 8.19. The number of hydrogen-bond donors (Lipinski definition) is 1. The van der Waals surface area contributed by atoms with Gasteiger partial charge in [-0.15, -0.1) is 5.10 Å². The number of hydrogen-bond acceptors (Lipinski definition) is 6. The van der Waals surface area contributed by atoms with Gasteiger partial charge >= 0.3 is 0 Å². The number of nitrogens with zero attached hydrogens (tertiary/aromatic N) is 6. The second kappa shape index (κ2) is 5.80. The van der Waals surface area contributed by atoms with Gasteiger partial charge in [0, 0.05) is 22.7 Å². The predicted molar refractivity (Wildman–Crippen MR) is 99.1 cm³/mol. The van der Waals surface area contributed by atoms with Crippen LogP contribution < -0.4 is 5.73 Å². The van der Waals surface area contributed by atoms with E-state index in [1.165, 1.54) is 12.1 Å². The zero-order valence-electron chi connectivity index (χ0n) is 13.9. The van der Waals surface area contributed by atoms with Gasteiger partial charge in [-0.1, -0.05) is 12.1 Å². The summed E-state index contributed by atoms with van der Waals surface area (Å²) in [6.45, 7) is 0. The van der Waals surface area contributed by atoms with Crippen LogP contribution in [0.3, 0.4) is 0 Å². The minimum absolute atomic E-state index is 0.200. The summed E-state index contributed by atoms with van der Waals surface area (Å²) < 4.78 is 14.9. The molecule has 130 valence electrons. The van der Waals surface area contributed by atoms with Gasteiger partial charge in [0.25, 0.3) is 0 Å². The van der Waals surface area contributed by atoms with Crippen molar-refractivity contribution in [3.05, 3.63) is 66.6 Å². The van der Waals surface area contributed by atoms with Crippen LogP contribution in [0.2, 0.25) is 0 Å². The van der Waals surface area contributed by atoms with Crippen molar-refractivity contribution >= 4 is 22.4 Å². The van der Waals surface area contributed by atoms with Crippen LogP contribution in [0.5, 0.6) is 0 Å². The van der Waals surface area contributed by atoms with Gasteiger partial charge in [-0.2, -0.15) is 4.52 Å². The van der Waals surface area contributed by atoms with Crippen LogP contribution in [0, 0.1) is 5.82 Å². The molecule has 0 aliphatic rings. The quantitative estimate of drug-likeness (QED) is 0.521. The number of aromatic nitrogens is 6. The molecule has 0 atom stereocenters. The van der Waals surface area contributed by atoms with Crippen molar-refractivity contribution in [1.82, 2.24) is 30.0 Å². The SMILES string of the molecule is Nc1nc(-c2ccc(F)cc2)c(-c2ccc3ncccc3c2)n2nnnc12. The molecule has 0 spiro atoms. The number of rotatable bonds is 2. The van der Waals surface area contributed by atoms with E-state index in [4.69, 9.17) is 5.73 Å². The van der Waals surface area contributed by atoms with Gasteiger partial charge in [0.1, 0.15) is 11.5 Å². The van der Waals surface area contributed by atoms with Crippen molar-refractivity contribution in [2.24, 2.45) is 0 Å². The van der Waals surface area contributed by atoms with Gasteiger partial charge in [0.15, 0.2) is 5.82 Å². The molecular formula is C19H12FN7. The molecule has 3 heterocycles. The molecule has 5 rings (SSSR count). The third kappa shape index (κ3) is 2.46. The molecular weight excluding hydrogens is 345 g/mol. The van der Waals surface area contributed by atoms with Crippen LogP contribution >= 0.6 is 0 Å². The highest BCUT2D eigenvalue weighted by atomic mass is 19.1. The van der Waals surface area contributed by atoms with E-state index in [-0.39, 0.29) is 11.6 Å². The van der Waals surface area contributed by atoms with Crippen LogP contribution in [0.15, 0.2) is 60.8 Å². The molecule has 0 bridgehead atoms. The Bertz CT molecular complexity index is 1290. The fraction of sp³-hybridized carbons (Fsp3) is 0. The van der Waals surface area contributed by atoms with Gasteiger partial charge in [-0.05, 0) is 52.9 Å². The maximum Gasteiger partial charge on any atom is 0.222 e. The van der Waals surface area contributed by atoms with Crippen LogP contribution in [0.1, 0.15) is 0 Å². The molecule has 2 N–H and O–H groups in total. The van der Waals surface area contributed by atoms with Crippen molar-refractivity contribution in [3.8, 4) is 22.5 Å². The number of pyridine rings is 1. The van der Waals surface area contributed by atoms with Crippen molar-refractivity contribution in [1.29, 1.82) is 0 Å². The highest BCUT2D eigenvalue weighted by molar-refractivity contribution is 5.88. The van der Waals surface area contributed by atoms with E-state index in [1.54, 1.807) is 22.8 Å². The summed E-state index contributed by atoms with van der Waals surface area (Å²) in [5, 5.41) is 12.7. The van der Waals surface area contributed by atoms with Gasteiger partial charge in [0.05, 0.1) is 11.2 Å². The molecule has 0 unspecified atom stereocenters. The Morgan fingerprint density at radius 3 is 2.63 bits per heavy atom. The lowest BCUT2D eigenvalue weighted by atomic mass is 10.0. The molecule has 0 saturated carbocycles. The second-order valence-corrected chi connectivity index (χ2v) is 6.03. The van der Waals surface area contributed by atoms with E-state index in [0.717, 1.165) is 16.5 Å². The minimum atomic E-state index is -0.325. The molecule has 8 heteroatoms. The number of anilines is 1. The molecule has 27 heavy (non-hydrogen) atoms. The highest BCUT2D eigenvalue weighted by Crippen LogP contribution is 2.33. The van der Waals surface area contributed by atoms with E-state index >= 15 is 0 Å². The fourth-order valence-corrected chi connectivity index (χ4v) is 3.11. The molecule has 0 aliphatic heterocycles. The number of halogens is 1. The van der Waals surface area contributed by atoms with Crippen molar-refractivity contribution < 1.29 is 4.39 Å². The van der Waals surface area contributed by atoms with Crippen LogP contribution in [-0.4, -0.2) is 30.0 Å². The number of nitrogen functional groups attached to an aromatic ring is 1. The van der Waals surface area contributed by atoms with E-state index < -0.39 is 0 Å². The smallest absolute Gasteiger partial charge is 0.222 e. The molecule has 0 aliphatic carbocycles. The lowest BCUT2D eigenvalue weighted by Crippen LogP contribution is -2.05. The van der Waals surface area contributed by atoms with Crippen LogP contribution in [0.25, 0.3) is 39.1 Å². The van der Waals surface area contributed by atoms with E-state index in [0.29, 0.717) is 22.6 Å². The Kier molecular flexibility index (Phi) is 3.29. The lowest BCUT2D eigenvalue weighted by Gasteiger charge is -2.12. The molecule has 0 amide bonds. The molecule has 0 fully saturated rings. The van der Waals surface area contributed by atoms with Crippen molar-refractivity contribution in [2.45, 2.75) is 0 Å². The maximum absolute atomic E-state index is 13.4. The second-order valence-electron chi connectivity index (χ2n) is 6.03. The third-order valence-electron chi connectivity index (χ3n) is 4.36. The number of tetrazole rings is 1. The average molecular weight is 357 g/mol. The first kappa shape index (κ1) is 15.3. The summed E-state index contributed by atoms with van der Waals surface area (Å²) in [5.74, 6) is -0.126. The van der Waals surface area contributed by atoms with Crippen LogP contribution in [-0.2, 0) is 0 Å². The summed E-state index contributed by atoms with van der Waals surface area (Å²) in [6, 6.07) is 15.8. The third-order valence-corrected chi connectivity index (χ3v) is 4.36. The lowest BCUT2D eigenvalue weighted by molar-refractivity contribution is 0.628. The summed E-state index contributed by atoms with van der Waals surface area (Å²) in [6.07, 6.45) is 1.75. The van der Waals surface area contributed by atoms with E-state index in [1.807, 2.05) is 30.3 Å². The topological polar surface area (TPSA) is 94.9 Å². The monoisotopic (exact) mass is 357 g/mol. The Morgan fingerprint density at radius 2 is 1.78 bits per heavy atom. The fourth-order valence-electron chi connectivity index (χ4n) is 3.11. The van der Waals surface area contributed by atoms with Gasteiger partial charge in [-0.25, -0.2) is 9.37 Å². The summed E-state index contributed by atoms with van der Waals surface area (Å²) in [4.78, 5) is 8.85. The standard InChI is InChI=1S/C19H12FN7/c20-14-6-3-11(4-7-14)16-17(27-19(18(21)23-16)24-25-26-27)13-5-8-15-12(10-13)2-1-9-22-15/h1-10H,(H2,21,23). The Morgan fingerprint density at radius 1 is 0.963 bits per heavy atom. The van der Waals surface area contributed by atoms with E-state index in [9.17, 15) is 4.39 Å². The summed E-state index contributed by atoms with van der Waals surface area (Å²) in [5.41, 5.74) is 10.1. The molecule has 7 nitrogen and oxygen atoms in total.